The van der Waals surface area contributed by atoms with E-state index >= 15 is 0 Å². The molecule has 1 saturated heterocycles. The Balaban J connectivity index is 1.45. The summed E-state index contributed by atoms with van der Waals surface area (Å²) in [6.45, 7) is 5.79. The number of halogens is 1. The number of pyridine rings is 1. The van der Waals surface area contributed by atoms with E-state index in [4.69, 9.17) is 9.72 Å². The number of unbranched alkanes of at least 4 members (excludes halogenated alkanes) is 1. The molecule has 0 amide bonds. The number of aliphatic hydroxyl groups is 1. The minimum atomic E-state index is -1.20. The molecule has 5 heteroatoms. The maximum atomic E-state index is 13.2. The Hall–Kier alpha value is -3.25. The van der Waals surface area contributed by atoms with Gasteiger partial charge in [-0.3, -0.25) is 0 Å². The molecule has 2 atom stereocenters. The summed E-state index contributed by atoms with van der Waals surface area (Å²) in [4.78, 5) is 7.54. The molecule has 1 aliphatic heterocycles. The molecule has 4 nitrogen and oxygen atoms in total. The van der Waals surface area contributed by atoms with Crippen LogP contribution < -0.4 is 4.74 Å². The van der Waals surface area contributed by atoms with Crippen molar-refractivity contribution in [3.8, 4) is 5.88 Å². The van der Waals surface area contributed by atoms with Crippen molar-refractivity contribution >= 4 is 37.6 Å². The summed E-state index contributed by atoms with van der Waals surface area (Å²) in [5.41, 5.74) is 2.51. The third kappa shape index (κ3) is 6.50. The van der Waals surface area contributed by atoms with Crippen LogP contribution in [-0.2, 0) is 5.60 Å². The second-order valence-electron chi connectivity index (χ2n) is 12.2. The Morgan fingerprint density at radius 2 is 1.63 bits per heavy atom. The topological polar surface area (TPSA) is 45.6 Å². The summed E-state index contributed by atoms with van der Waals surface area (Å²) >= 11 is 3.64. The summed E-state index contributed by atoms with van der Waals surface area (Å²) in [5, 5.41) is 16.5. The third-order valence-corrected chi connectivity index (χ3v) is 9.79. The van der Waals surface area contributed by atoms with E-state index < -0.39 is 11.5 Å². The van der Waals surface area contributed by atoms with Crippen molar-refractivity contribution in [3.63, 3.8) is 0 Å². The minimum Gasteiger partial charge on any atom is -0.481 e. The van der Waals surface area contributed by atoms with Crippen molar-refractivity contribution in [2.45, 2.75) is 50.5 Å². The van der Waals surface area contributed by atoms with Gasteiger partial charge in [-0.05, 0) is 110 Å². The quantitative estimate of drug-likeness (QED) is 0.155. The van der Waals surface area contributed by atoms with Gasteiger partial charge in [0.1, 0.15) is 5.60 Å². The average molecular weight is 638 g/mol. The lowest BCUT2D eigenvalue weighted by molar-refractivity contribution is 0.00649. The van der Waals surface area contributed by atoms with Crippen molar-refractivity contribution in [3.05, 3.63) is 118 Å². The fourth-order valence-corrected chi connectivity index (χ4v) is 7.18. The van der Waals surface area contributed by atoms with Crippen molar-refractivity contribution < 1.29 is 9.84 Å². The zero-order valence-corrected chi connectivity index (χ0v) is 26.8. The van der Waals surface area contributed by atoms with Gasteiger partial charge in [0.2, 0.25) is 5.88 Å². The SMILES string of the molecule is COc1nc2ccc(Br)cc2cc1C(c1ccccc1)C(O)(CCCCN1CCC(C)CC1)c1ccc2ccccc2c1. The van der Waals surface area contributed by atoms with E-state index in [1.165, 1.54) is 31.3 Å². The van der Waals surface area contributed by atoms with Crippen LogP contribution in [0.4, 0.5) is 0 Å². The monoisotopic (exact) mass is 636 g/mol. The number of aromatic nitrogens is 1. The lowest BCUT2D eigenvalue weighted by atomic mass is 9.71. The number of hydrogen-bond donors (Lipinski definition) is 1. The standard InChI is InChI=1S/C38H41BrN2O2/c1-27-18-22-41(23-19-27)21-9-8-20-38(42,32-15-14-28-10-6-7-13-30(28)24-32)36(29-11-4-3-5-12-29)34-26-31-25-33(39)16-17-35(31)40-37(34)43-2/h3-7,10-17,24-27,36,42H,8-9,18-23H2,1-2H3. The molecule has 1 fully saturated rings. The minimum absolute atomic E-state index is 0.392. The van der Waals surface area contributed by atoms with Crippen molar-refractivity contribution in [1.82, 2.24) is 9.88 Å². The molecule has 5 aromatic rings. The molecule has 0 saturated carbocycles. The summed E-state index contributed by atoms with van der Waals surface area (Å²) in [7, 11) is 1.67. The number of nitrogens with zero attached hydrogens (tertiary/aromatic N) is 2. The highest BCUT2D eigenvalue weighted by Gasteiger charge is 2.42. The lowest BCUT2D eigenvalue weighted by Crippen LogP contribution is -2.36. The number of fused-ring (bicyclic) bond motifs is 2. The van der Waals surface area contributed by atoms with E-state index in [0.717, 1.165) is 62.8 Å². The fraction of sp³-hybridized carbons (Fsp3) is 0.342. The van der Waals surface area contributed by atoms with Crippen LogP contribution in [0.1, 0.15) is 61.6 Å². The number of piperidine rings is 1. The Labute approximate surface area is 263 Å². The summed E-state index contributed by atoms with van der Waals surface area (Å²) in [5.74, 6) is 0.980. The average Bonchev–Trinajstić information content (AvgIpc) is 3.04. The lowest BCUT2D eigenvalue weighted by Gasteiger charge is -2.39. The van der Waals surface area contributed by atoms with Crippen LogP contribution in [-0.4, -0.2) is 41.7 Å². The molecule has 1 aromatic heterocycles. The first kappa shape index (κ1) is 29.8. The van der Waals surface area contributed by atoms with Gasteiger partial charge in [0, 0.05) is 21.3 Å². The largest absolute Gasteiger partial charge is 0.481 e. The van der Waals surface area contributed by atoms with E-state index in [1.54, 1.807) is 7.11 Å². The van der Waals surface area contributed by atoms with Gasteiger partial charge in [-0.1, -0.05) is 89.6 Å². The summed E-state index contributed by atoms with van der Waals surface area (Å²) in [6, 6.07) is 33.4. The van der Waals surface area contributed by atoms with Crippen molar-refractivity contribution in [2.24, 2.45) is 5.92 Å². The molecule has 1 aliphatic rings. The molecule has 6 rings (SSSR count). The molecular formula is C38H41BrN2O2. The number of methoxy groups -OCH3 is 1. The highest BCUT2D eigenvalue weighted by molar-refractivity contribution is 9.10. The molecule has 1 N–H and O–H groups in total. The summed E-state index contributed by atoms with van der Waals surface area (Å²) in [6.07, 6.45) is 5.14. The molecule has 0 bridgehead atoms. The molecule has 2 unspecified atom stereocenters. The van der Waals surface area contributed by atoms with Crippen LogP contribution in [0, 0.1) is 5.92 Å². The van der Waals surface area contributed by atoms with Gasteiger partial charge in [0.05, 0.1) is 12.6 Å². The number of ether oxygens (including phenoxy) is 1. The van der Waals surface area contributed by atoms with Crippen LogP contribution >= 0.6 is 15.9 Å². The molecule has 4 aromatic carbocycles. The third-order valence-electron chi connectivity index (χ3n) is 9.29. The van der Waals surface area contributed by atoms with Crippen LogP contribution in [0.25, 0.3) is 21.7 Å². The second kappa shape index (κ2) is 13.2. The van der Waals surface area contributed by atoms with Gasteiger partial charge >= 0.3 is 0 Å². The van der Waals surface area contributed by atoms with Crippen LogP contribution in [0.5, 0.6) is 5.88 Å². The van der Waals surface area contributed by atoms with Gasteiger partial charge in [-0.2, -0.15) is 0 Å². The first-order chi connectivity index (χ1) is 20.9. The molecule has 0 radical (unpaired) electrons. The Bertz CT molecular complexity index is 1680. The highest BCUT2D eigenvalue weighted by atomic mass is 79.9. The zero-order chi connectivity index (χ0) is 29.8. The predicted molar refractivity (Wildman–Crippen MR) is 181 cm³/mol. The molecule has 0 aliphatic carbocycles. The Morgan fingerprint density at radius 1 is 0.884 bits per heavy atom. The molecule has 0 spiro atoms. The van der Waals surface area contributed by atoms with Crippen LogP contribution in [0.2, 0.25) is 0 Å². The van der Waals surface area contributed by atoms with Crippen molar-refractivity contribution in [1.29, 1.82) is 0 Å². The Kier molecular flexibility index (Phi) is 9.13. The molecule has 222 valence electrons. The van der Waals surface area contributed by atoms with Crippen molar-refractivity contribution in [2.75, 3.05) is 26.7 Å². The number of hydrogen-bond acceptors (Lipinski definition) is 4. The first-order valence-corrected chi connectivity index (χ1v) is 16.4. The van der Waals surface area contributed by atoms with Gasteiger partial charge < -0.3 is 14.7 Å². The zero-order valence-electron chi connectivity index (χ0n) is 25.2. The van der Waals surface area contributed by atoms with Gasteiger partial charge in [-0.15, -0.1) is 0 Å². The van der Waals surface area contributed by atoms with Crippen LogP contribution in [0.15, 0.2) is 102 Å². The number of rotatable bonds is 10. The van der Waals surface area contributed by atoms with E-state index in [2.05, 4.69) is 107 Å². The first-order valence-electron chi connectivity index (χ1n) is 15.6. The van der Waals surface area contributed by atoms with Gasteiger partial charge in [0.15, 0.2) is 0 Å². The molecule has 2 heterocycles. The highest BCUT2D eigenvalue weighted by Crippen LogP contribution is 2.48. The second-order valence-corrected chi connectivity index (χ2v) is 13.2. The normalized spacial score (nSPS) is 16.7. The molecular weight excluding hydrogens is 596 g/mol. The maximum Gasteiger partial charge on any atom is 0.217 e. The summed E-state index contributed by atoms with van der Waals surface area (Å²) < 4.78 is 6.95. The van der Waals surface area contributed by atoms with E-state index in [1.807, 2.05) is 18.2 Å². The molecule has 43 heavy (non-hydrogen) atoms. The Morgan fingerprint density at radius 3 is 2.40 bits per heavy atom. The fourth-order valence-electron chi connectivity index (χ4n) is 6.80. The maximum absolute atomic E-state index is 13.2. The van der Waals surface area contributed by atoms with E-state index in [9.17, 15) is 5.11 Å². The number of likely N-dealkylation sites (tertiary alicyclic amines) is 1. The van der Waals surface area contributed by atoms with Crippen LogP contribution in [0.3, 0.4) is 0 Å². The smallest absolute Gasteiger partial charge is 0.217 e. The van der Waals surface area contributed by atoms with Gasteiger partial charge in [0.25, 0.3) is 0 Å². The predicted octanol–water partition coefficient (Wildman–Crippen LogP) is 9.08. The van der Waals surface area contributed by atoms with E-state index in [0.29, 0.717) is 12.3 Å². The van der Waals surface area contributed by atoms with E-state index in [-0.39, 0.29) is 0 Å². The van der Waals surface area contributed by atoms with Gasteiger partial charge in [-0.25, -0.2) is 4.98 Å². The number of benzene rings is 4.